The van der Waals surface area contributed by atoms with Gasteiger partial charge >= 0.3 is 0 Å². The van der Waals surface area contributed by atoms with Gasteiger partial charge in [0.15, 0.2) is 5.65 Å². The van der Waals surface area contributed by atoms with Crippen molar-refractivity contribution < 1.29 is 4.79 Å². The number of thiophene rings is 1. The van der Waals surface area contributed by atoms with Crippen LogP contribution >= 0.6 is 11.3 Å². The fraction of sp³-hybridized carbons (Fsp3) is 0.409. The minimum Gasteiger partial charge on any atom is -0.345 e. The number of hydrogen-bond donors (Lipinski definition) is 1. The number of fused-ring (bicyclic) bond motifs is 5. The molecule has 1 amide bonds. The standard InChI is InChI=1S/C22H24N6OS/c1-22(2,3)14-4-5-15-16(10-14)30-21-17(15)19-26-18(27-28(19)12-25-21)20(29)24-11-13-6-8-23-9-7-13/h6-9,12,14H,4-5,10-11H2,1-3H3,(H,24,29). The number of carbonyl (C=O) groups is 1. The summed E-state index contributed by atoms with van der Waals surface area (Å²) in [5.74, 6) is 0.545. The molecule has 0 saturated carbocycles. The van der Waals surface area contributed by atoms with Gasteiger partial charge in [0.1, 0.15) is 11.2 Å². The molecule has 1 unspecified atom stereocenters. The molecule has 0 aliphatic heterocycles. The number of amides is 1. The van der Waals surface area contributed by atoms with E-state index in [2.05, 4.69) is 46.1 Å². The maximum Gasteiger partial charge on any atom is 0.291 e. The van der Waals surface area contributed by atoms with E-state index in [0.29, 0.717) is 17.9 Å². The van der Waals surface area contributed by atoms with E-state index >= 15 is 0 Å². The van der Waals surface area contributed by atoms with E-state index in [0.717, 1.165) is 40.7 Å². The minimum atomic E-state index is -0.291. The highest BCUT2D eigenvalue weighted by Crippen LogP contribution is 2.43. The minimum absolute atomic E-state index is 0.168. The molecule has 1 aliphatic carbocycles. The fourth-order valence-electron chi connectivity index (χ4n) is 4.17. The number of nitrogens with zero attached hydrogens (tertiary/aromatic N) is 5. The van der Waals surface area contributed by atoms with Gasteiger partial charge in [-0.2, -0.15) is 0 Å². The highest BCUT2D eigenvalue weighted by atomic mass is 32.1. The molecule has 30 heavy (non-hydrogen) atoms. The molecule has 4 aromatic heterocycles. The molecular weight excluding hydrogens is 396 g/mol. The van der Waals surface area contributed by atoms with E-state index in [1.807, 2.05) is 12.1 Å². The lowest BCUT2D eigenvalue weighted by atomic mass is 9.72. The zero-order valence-electron chi connectivity index (χ0n) is 17.3. The van der Waals surface area contributed by atoms with Gasteiger partial charge < -0.3 is 5.32 Å². The maximum absolute atomic E-state index is 12.6. The second-order valence-electron chi connectivity index (χ2n) is 8.98. The van der Waals surface area contributed by atoms with Crippen LogP contribution in [0.3, 0.4) is 0 Å². The van der Waals surface area contributed by atoms with E-state index in [1.165, 1.54) is 10.4 Å². The highest BCUT2D eigenvalue weighted by molar-refractivity contribution is 7.19. The van der Waals surface area contributed by atoms with Crippen molar-refractivity contribution >= 4 is 33.1 Å². The van der Waals surface area contributed by atoms with Gasteiger partial charge in [-0.3, -0.25) is 9.78 Å². The molecular formula is C22H24N6OS. The monoisotopic (exact) mass is 420 g/mol. The Labute approximate surface area is 178 Å². The fourth-order valence-corrected chi connectivity index (χ4v) is 5.43. The summed E-state index contributed by atoms with van der Waals surface area (Å²) in [6.07, 6.45) is 8.34. The number of rotatable bonds is 3. The van der Waals surface area contributed by atoms with Gasteiger partial charge in [0.2, 0.25) is 5.82 Å². The largest absolute Gasteiger partial charge is 0.345 e. The lowest BCUT2D eigenvalue weighted by Crippen LogP contribution is -2.26. The molecule has 5 rings (SSSR count). The molecule has 1 aliphatic rings. The third kappa shape index (κ3) is 3.35. The molecule has 0 spiro atoms. The Morgan fingerprint density at radius 2 is 2.10 bits per heavy atom. The normalized spacial score (nSPS) is 16.7. The summed E-state index contributed by atoms with van der Waals surface area (Å²) in [4.78, 5) is 28.2. The predicted molar refractivity (Wildman–Crippen MR) is 117 cm³/mol. The van der Waals surface area contributed by atoms with Crippen LogP contribution in [0.25, 0.3) is 15.9 Å². The summed E-state index contributed by atoms with van der Waals surface area (Å²) in [5, 5.41) is 8.32. The molecule has 1 N–H and O–H groups in total. The Balaban J connectivity index is 1.47. The first-order chi connectivity index (χ1) is 14.4. The Hall–Kier alpha value is -2.87. The Bertz CT molecular complexity index is 1240. The number of nitrogens with one attached hydrogen (secondary N) is 1. The van der Waals surface area contributed by atoms with Crippen molar-refractivity contribution in [1.29, 1.82) is 0 Å². The summed E-state index contributed by atoms with van der Waals surface area (Å²) >= 11 is 1.76. The van der Waals surface area contributed by atoms with Crippen LogP contribution in [0.1, 0.15) is 53.8 Å². The zero-order chi connectivity index (χ0) is 20.9. The van der Waals surface area contributed by atoms with Gasteiger partial charge in [0, 0.05) is 23.8 Å². The van der Waals surface area contributed by atoms with E-state index in [-0.39, 0.29) is 11.7 Å². The Kier molecular flexibility index (Phi) is 4.54. The van der Waals surface area contributed by atoms with Crippen LogP contribution in [0, 0.1) is 11.3 Å². The molecule has 0 fully saturated rings. The number of carbonyl (C=O) groups excluding carboxylic acids is 1. The number of aryl methyl sites for hydroxylation is 1. The third-order valence-corrected chi connectivity index (χ3v) is 7.18. The molecule has 0 aromatic carbocycles. The van der Waals surface area contributed by atoms with Gasteiger partial charge in [-0.05, 0) is 53.9 Å². The van der Waals surface area contributed by atoms with E-state index < -0.39 is 0 Å². The maximum atomic E-state index is 12.6. The molecule has 0 radical (unpaired) electrons. The summed E-state index contributed by atoms with van der Waals surface area (Å²) < 4.78 is 1.63. The van der Waals surface area contributed by atoms with Crippen LogP contribution in [-0.4, -0.2) is 30.5 Å². The smallest absolute Gasteiger partial charge is 0.291 e. The molecule has 0 bridgehead atoms. The van der Waals surface area contributed by atoms with Gasteiger partial charge in [-0.1, -0.05) is 20.8 Å². The molecule has 4 aromatic rings. The van der Waals surface area contributed by atoms with Crippen molar-refractivity contribution in [3.05, 3.63) is 52.7 Å². The van der Waals surface area contributed by atoms with Crippen molar-refractivity contribution in [1.82, 2.24) is 29.9 Å². The number of aromatic nitrogens is 5. The lowest BCUT2D eigenvalue weighted by Gasteiger charge is -2.33. The van der Waals surface area contributed by atoms with Crippen LogP contribution in [-0.2, 0) is 19.4 Å². The summed E-state index contributed by atoms with van der Waals surface area (Å²) in [5.41, 5.74) is 3.34. The molecule has 8 heteroatoms. The molecule has 4 heterocycles. The second kappa shape index (κ2) is 7.12. The van der Waals surface area contributed by atoms with Gasteiger partial charge in [-0.15, -0.1) is 16.4 Å². The molecule has 1 atom stereocenters. The highest BCUT2D eigenvalue weighted by Gasteiger charge is 2.32. The average Bonchev–Trinajstić information content (AvgIpc) is 3.32. The second-order valence-corrected chi connectivity index (χ2v) is 10.1. The van der Waals surface area contributed by atoms with E-state index in [4.69, 9.17) is 0 Å². The average molecular weight is 421 g/mol. The van der Waals surface area contributed by atoms with Crippen molar-refractivity contribution in [2.75, 3.05) is 0 Å². The molecule has 0 saturated heterocycles. The van der Waals surface area contributed by atoms with Crippen LogP contribution < -0.4 is 5.32 Å². The van der Waals surface area contributed by atoms with Gasteiger partial charge in [-0.25, -0.2) is 14.5 Å². The van der Waals surface area contributed by atoms with Crippen LogP contribution in [0.5, 0.6) is 0 Å². The van der Waals surface area contributed by atoms with Crippen LogP contribution in [0.4, 0.5) is 0 Å². The Morgan fingerprint density at radius 3 is 2.87 bits per heavy atom. The van der Waals surface area contributed by atoms with E-state index in [9.17, 15) is 4.79 Å². The zero-order valence-corrected chi connectivity index (χ0v) is 18.2. The van der Waals surface area contributed by atoms with Crippen molar-refractivity contribution in [2.45, 2.75) is 46.6 Å². The summed E-state index contributed by atoms with van der Waals surface area (Å²) in [6, 6.07) is 3.74. The number of pyridine rings is 1. The third-order valence-electron chi connectivity index (χ3n) is 6.02. The van der Waals surface area contributed by atoms with Gasteiger partial charge in [0.25, 0.3) is 5.91 Å². The predicted octanol–water partition coefficient (Wildman–Crippen LogP) is 3.82. The number of hydrogen-bond acceptors (Lipinski definition) is 6. The Morgan fingerprint density at radius 1 is 1.30 bits per heavy atom. The van der Waals surface area contributed by atoms with E-state index in [1.54, 1.807) is 34.6 Å². The van der Waals surface area contributed by atoms with Crippen molar-refractivity contribution in [3.63, 3.8) is 0 Å². The topological polar surface area (TPSA) is 85.1 Å². The van der Waals surface area contributed by atoms with Crippen LogP contribution in [0.15, 0.2) is 30.9 Å². The quantitative estimate of drug-likeness (QED) is 0.545. The summed E-state index contributed by atoms with van der Waals surface area (Å²) in [7, 11) is 0. The first-order valence-corrected chi connectivity index (χ1v) is 11.0. The van der Waals surface area contributed by atoms with Gasteiger partial charge in [0.05, 0.1) is 5.39 Å². The van der Waals surface area contributed by atoms with Crippen molar-refractivity contribution in [2.24, 2.45) is 11.3 Å². The molecule has 154 valence electrons. The SMILES string of the molecule is CC(C)(C)C1CCc2c(sc3ncn4nc(C(=O)NCc5ccncc5)nc4c23)C1. The first-order valence-electron chi connectivity index (χ1n) is 10.2. The summed E-state index contributed by atoms with van der Waals surface area (Å²) in [6.45, 7) is 7.37. The van der Waals surface area contributed by atoms with Crippen molar-refractivity contribution in [3.8, 4) is 0 Å². The molecule has 7 nitrogen and oxygen atoms in total. The first kappa shape index (κ1) is 19.1. The van der Waals surface area contributed by atoms with Crippen LogP contribution in [0.2, 0.25) is 0 Å². The lowest BCUT2D eigenvalue weighted by molar-refractivity contribution is 0.0940.